The van der Waals surface area contributed by atoms with Gasteiger partial charge in [0, 0.05) is 0 Å². The fraction of sp³-hybridized carbons (Fsp3) is 0. The van der Waals surface area contributed by atoms with Crippen LogP contribution < -0.4 is 0 Å². The molecule has 0 saturated heterocycles. The van der Waals surface area contributed by atoms with E-state index in [-0.39, 0.29) is 191 Å². The molecule has 0 saturated carbocycles. The summed E-state index contributed by atoms with van der Waals surface area (Å²) in [5.41, 5.74) is 0. The predicted molar refractivity (Wildman–Crippen MR) is 88.4 cm³/mol. The molecule has 0 unspecified atom stereocenters. The fourth-order valence-electron chi connectivity index (χ4n) is 0. The molecule has 0 rings (SSSR count). The van der Waals surface area contributed by atoms with Crippen molar-refractivity contribution in [3.05, 3.63) is 0 Å². The Kier molecular flexibility index (Phi) is 48400. The molecule has 15 nitrogen and oxygen atoms in total. The third-order valence-corrected chi connectivity index (χ3v) is 0. The Bertz CT molecular complexity index is 14.1. The van der Waals surface area contributed by atoms with Gasteiger partial charge in [-0.25, -0.2) is 0 Å². The van der Waals surface area contributed by atoms with Gasteiger partial charge in [0.15, 0.2) is 0 Å². The van der Waals surface area contributed by atoms with Gasteiger partial charge in [-0.2, -0.15) is 0 Å². The molecule has 144 valence electrons. The van der Waals surface area contributed by atoms with Gasteiger partial charge in [-0.05, 0) is 0 Å². The van der Waals surface area contributed by atoms with Crippen molar-refractivity contribution in [3.8, 4) is 0 Å². The Hall–Kier alpha value is 3.09. The number of rotatable bonds is 0. The third kappa shape index (κ3) is 806. The quantitative estimate of drug-likeness (QED) is 0.204. The maximum atomic E-state index is 0. The van der Waals surface area contributed by atoms with Crippen molar-refractivity contribution in [2.45, 2.75) is 0 Å². The Morgan fingerprint density at radius 3 is 0.105 bits per heavy atom. The normalized spacial score (nSPS) is 0. The van der Waals surface area contributed by atoms with Crippen LogP contribution in [0.25, 0.3) is 0 Å². The summed E-state index contributed by atoms with van der Waals surface area (Å²) in [6.07, 6.45) is 0. The second kappa shape index (κ2) is 892. The van der Waals surface area contributed by atoms with Crippen molar-refractivity contribution >= 4 is 109 Å². The Labute approximate surface area is 189 Å². The first-order chi connectivity index (χ1) is 0. The van der Waals surface area contributed by atoms with Crippen LogP contribution in [-0.2, 0) is 0 Å². The molecule has 0 aliphatic rings. The number of hydrogen-bond donors (Lipinski definition) is 0. The van der Waals surface area contributed by atoms with Crippen LogP contribution in [0.15, 0.2) is 0 Å². The molecular formula is H38O15Pb4. The Morgan fingerprint density at radius 1 is 0.105 bits per heavy atom. The molecule has 0 spiro atoms. The SMILES string of the molecule is O.O.O.O.O.O.O.O.O.O.O.O.O.O.O.[PbH2].[PbH2].[PbH2].[PbH2]. The molecule has 0 aromatic carbocycles. The molecule has 19 heavy (non-hydrogen) atoms. The molecule has 8 radical (unpaired) electrons. The summed E-state index contributed by atoms with van der Waals surface area (Å²) in [6.45, 7) is 0. The maximum absolute atomic E-state index is 0. The van der Waals surface area contributed by atoms with E-state index in [0.717, 1.165) is 0 Å². The molecule has 0 aliphatic heterocycles. The van der Waals surface area contributed by atoms with Gasteiger partial charge in [0.1, 0.15) is 0 Å². The van der Waals surface area contributed by atoms with E-state index < -0.39 is 0 Å². The zero-order valence-corrected chi connectivity index (χ0v) is 32.3. The van der Waals surface area contributed by atoms with Crippen LogP contribution in [-0.4, -0.2) is 191 Å². The van der Waals surface area contributed by atoms with E-state index in [9.17, 15) is 0 Å². The molecule has 30 N–H and O–H groups in total. The fourth-order valence-corrected chi connectivity index (χ4v) is 0. The van der Waals surface area contributed by atoms with Gasteiger partial charge < -0.3 is 82.1 Å². The molecular weight excluding hydrogens is 1070 g/mol. The van der Waals surface area contributed by atoms with Crippen molar-refractivity contribution in [1.82, 2.24) is 0 Å². The molecule has 0 atom stereocenters. The van der Waals surface area contributed by atoms with Crippen molar-refractivity contribution in [2.75, 3.05) is 0 Å². The molecule has 0 amide bonds. The van der Waals surface area contributed by atoms with Crippen molar-refractivity contribution in [1.29, 1.82) is 0 Å². The van der Waals surface area contributed by atoms with Crippen LogP contribution in [0, 0.1) is 0 Å². The van der Waals surface area contributed by atoms with E-state index in [1.165, 1.54) is 0 Å². The summed E-state index contributed by atoms with van der Waals surface area (Å²) in [7, 11) is 0. The van der Waals surface area contributed by atoms with Gasteiger partial charge in [0.05, 0.1) is 0 Å². The van der Waals surface area contributed by atoms with Crippen LogP contribution in [0.1, 0.15) is 0 Å². The Balaban J connectivity index is 0. The van der Waals surface area contributed by atoms with Gasteiger partial charge in [-0.3, -0.25) is 0 Å². The average molecular weight is 1110 g/mol. The van der Waals surface area contributed by atoms with Crippen LogP contribution in [0.2, 0.25) is 0 Å². The molecule has 0 bridgehead atoms. The summed E-state index contributed by atoms with van der Waals surface area (Å²) >= 11 is 0. The first kappa shape index (κ1) is 1030. The van der Waals surface area contributed by atoms with E-state index in [1.807, 2.05) is 0 Å². The first-order valence-electron chi connectivity index (χ1n) is 0. The second-order valence-electron chi connectivity index (χ2n) is 0. The van der Waals surface area contributed by atoms with E-state index in [0.29, 0.717) is 0 Å². The van der Waals surface area contributed by atoms with Crippen LogP contribution in [0.4, 0.5) is 0 Å². The second-order valence-corrected chi connectivity index (χ2v) is 0. The molecule has 0 aromatic heterocycles. The van der Waals surface area contributed by atoms with Gasteiger partial charge in [0.25, 0.3) is 0 Å². The van der Waals surface area contributed by atoms with Gasteiger partial charge in [-0.15, -0.1) is 0 Å². The summed E-state index contributed by atoms with van der Waals surface area (Å²) < 4.78 is 0. The topological polar surface area (TPSA) is 472 Å². The van der Waals surface area contributed by atoms with Crippen molar-refractivity contribution in [2.24, 2.45) is 0 Å². The minimum atomic E-state index is 0. The van der Waals surface area contributed by atoms with Crippen LogP contribution in [0.5, 0.6) is 0 Å². The standard InChI is InChI=1S/15H2O.4Pb.8H/h15*1H2;;;;;;;;;;;;. The Morgan fingerprint density at radius 2 is 0.105 bits per heavy atom. The molecule has 19 heteroatoms. The summed E-state index contributed by atoms with van der Waals surface area (Å²) in [5, 5.41) is 0. The minimum absolute atomic E-state index is 0. The van der Waals surface area contributed by atoms with Crippen molar-refractivity contribution in [3.63, 3.8) is 0 Å². The monoisotopic (exact) mass is 1110 g/mol. The average Bonchev–Trinajstić information content (AvgIpc) is 0. The summed E-state index contributed by atoms with van der Waals surface area (Å²) in [5.74, 6) is 0. The zero-order valence-electron chi connectivity index (χ0n) is 10.3. The number of hydrogen-bond acceptors (Lipinski definition) is 0. The van der Waals surface area contributed by atoms with Gasteiger partial charge >= 0.3 is 109 Å². The van der Waals surface area contributed by atoms with Crippen molar-refractivity contribution < 1.29 is 82.1 Å². The molecule has 0 aliphatic carbocycles. The van der Waals surface area contributed by atoms with E-state index in [2.05, 4.69) is 0 Å². The van der Waals surface area contributed by atoms with Crippen LogP contribution in [0.3, 0.4) is 0 Å². The van der Waals surface area contributed by atoms with E-state index >= 15 is 0 Å². The van der Waals surface area contributed by atoms with Crippen LogP contribution >= 0.6 is 0 Å². The van der Waals surface area contributed by atoms with Gasteiger partial charge in [0.2, 0.25) is 0 Å². The predicted octanol–water partition coefficient (Wildman–Crippen LogP) is -16.0. The molecule has 0 fully saturated rings. The summed E-state index contributed by atoms with van der Waals surface area (Å²) in [6, 6.07) is 0. The third-order valence-electron chi connectivity index (χ3n) is 0. The first-order valence-corrected chi connectivity index (χ1v) is 0. The van der Waals surface area contributed by atoms with E-state index in [4.69, 9.17) is 0 Å². The summed E-state index contributed by atoms with van der Waals surface area (Å²) in [4.78, 5) is 0. The van der Waals surface area contributed by atoms with Gasteiger partial charge in [-0.1, -0.05) is 0 Å². The van der Waals surface area contributed by atoms with E-state index in [1.54, 1.807) is 0 Å². The molecule has 0 heterocycles. The molecule has 0 aromatic rings. The zero-order chi connectivity index (χ0) is 0.